The molecule has 1 unspecified atom stereocenters. The van der Waals surface area contributed by atoms with Crippen LogP contribution in [-0.4, -0.2) is 37.0 Å². The van der Waals surface area contributed by atoms with Crippen molar-refractivity contribution < 1.29 is 14.5 Å². The number of carbonyl (C=O) groups excluding carboxylic acids is 1. The molecule has 7 nitrogen and oxygen atoms in total. The zero-order valence-corrected chi connectivity index (χ0v) is 9.98. The molecule has 1 aromatic rings. The Morgan fingerprint density at radius 1 is 1.58 bits per heavy atom. The van der Waals surface area contributed by atoms with Crippen LogP contribution in [0, 0.1) is 21.4 Å². The molecule has 98 valence electrons. The average Bonchev–Trinajstić information content (AvgIpc) is 2.46. The number of morpholine rings is 1. The minimum Gasteiger partial charge on any atom is -0.365 e. The summed E-state index contributed by atoms with van der Waals surface area (Å²) in [6, 6.07) is 6.12. The van der Waals surface area contributed by atoms with Gasteiger partial charge >= 0.3 is 0 Å². The molecule has 0 amide bonds. The second kappa shape index (κ2) is 5.46. The molecular formula is C12H11N3O4. The van der Waals surface area contributed by atoms with Gasteiger partial charge in [0.25, 0.3) is 5.69 Å². The number of ether oxygens (including phenoxy) is 1. The monoisotopic (exact) mass is 261 g/mol. The highest BCUT2D eigenvalue weighted by atomic mass is 16.6. The van der Waals surface area contributed by atoms with Gasteiger partial charge in [0.05, 0.1) is 24.1 Å². The normalized spacial score (nSPS) is 18.7. The molecule has 0 aromatic heterocycles. The lowest BCUT2D eigenvalue weighted by Gasteiger charge is -2.32. The number of nitro benzene ring substituents is 1. The van der Waals surface area contributed by atoms with Crippen molar-refractivity contribution in [1.82, 2.24) is 0 Å². The molecule has 0 N–H and O–H groups in total. The molecule has 2 rings (SSSR count). The van der Waals surface area contributed by atoms with Gasteiger partial charge in [-0.2, -0.15) is 5.26 Å². The first kappa shape index (κ1) is 13.0. The van der Waals surface area contributed by atoms with E-state index in [-0.39, 0.29) is 11.3 Å². The third-order valence-corrected chi connectivity index (χ3v) is 2.90. The molecule has 0 bridgehead atoms. The summed E-state index contributed by atoms with van der Waals surface area (Å²) < 4.78 is 5.21. The second-order valence-corrected chi connectivity index (χ2v) is 4.05. The van der Waals surface area contributed by atoms with Gasteiger partial charge in [0.2, 0.25) is 0 Å². The standard InChI is InChI=1S/C12H11N3O4/c13-6-11-7-14(3-4-19-11)12-2-1-10(15(17)18)5-9(12)8-16/h1-2,5,8,11H,3-4,7H2. The molecule has 0 spiro atoms. The number of nitrogens with zero attached hydrogens (tertiary/aromatic N) is 3. The summed E-state index contributed by atoms with van der Waals surface area (Å²) >= 11 is 0. The van der Waals surface area contributed by atoms with Crippen molar-refractivity contribution in [2.75, 3.05) is 24.6 Å². The Hall–Kier alpha value is -2.46. The van der Waals surface area contributed by atoms with Crippen LogP contribution in [0.5, 0.6) is 0 Å². The predicted molar refractivity (Wildman–Crippen MR) is 66.0 cm³/mol. The number of hydrogen-bond donors (Lipinski definition) is 0. The third-order valence-electron chi connectivity index (χ3n) is 2.90. The van der Waals surface area contributed by atoms with Gasteiger partial charge in [-0.1, -0.05) is 0 Å². The molecule has 1 atom stereocenters. The predicted octanol–water partition coefficient (Wildman–Crippen LogP) is 1.14. The summed E-state index contributed by atoms with van der Waals surface area (Å²) in [4.78, 5) is 23.0. The van der Waals surface area contributed by atoms with E-state index in [4.69, 9.17) is 10.00 Å². The minimum atomic E-state index is -0.552. The maximum atomic E-state index is 11.1. The van der Waals surface area contributed by atoms with Crippen LogP contribution in [0.25, 0.3) is 0 Å². The molecule has 0 aliphatic carbocycles. The van der Waals surface area contributed by atoms with E-state index in [0.717, 1.165) is 0 Å². The number of rotatable bonds is 3. The lowest BCUT2D eigenvalue weighted by Crippen LogP contribution is -2.42. The smallest absolute Gasteiger partial charge is 0.270 e. The maximum absolute atomic E-state index is 11.1. The highest BCUT2D eigenvalue weighted by Gasteiger charge is 2.23. The van der Waals surface area contributed by atoms with Crippen LogP contribution in [0.15, 0.2) is 18.2 Å². The Bertz CT molecular complexity index is 552. The molecule has 1 fully saturated rings. The topological polar surface area (TPSA) is 96.5 Å². The average molecular weight is 261 g/mol. The van der Waals surface area contributed by atoms with E-state index in [0.29, 0.717) is 31.7 Å². The summed E-state index contributed by atoms with van der Waals surface area (Å²) in [7, 11) is 0. The van der Waals surface area contributed by atoms with Crippen molar-refractivity contribution in [3.63, 3.8) is 0 Å². The molecule has 1 heterocycles. The number of benzene rings is 1. The highest BCUT2D eigenvalue weighted by Crippen LogP contribution is 2.25. The van der Waals surface area contributed by atoms with Crippen LogP contribution in [-0.2, 0) is 4.74 Å². The Morgan fingerprint density at radius 2 is 2.37 bits per heavy atom. The number of nitriles is 1. The van der Waals surface area contributed by atoms with Crippen molar-refractivity contribution in [3.8, 4) is 6.07 Å². The lowest BCUT2D eigenvalue weighted by atomic mass is 10.1. The van der Waals surface area contributed by atoms with Crippen molar-refractivity contribution in [1.29, 1.82) is 5.26 Å². The zero-order valence-electron chi connectivity index (χ0n) is 9.98. The van der Waals surface area contributed by atoms with Crippen molar-refractivity contribution in [2.45, 2.75) is 6.10 Å². The first-order chi connectivity index (χ1) is 9.15. The van der Waals surface area contributed by atoms with Gasteiger partial charge in [-0.25, -0.2) is 0 Å². The Kier molecular flexibility index (Phi) is 3.73. The molecule has 0 radical (unpaired) electrons. The molecule has 1 aliphatic heterocycles. The van der Waals surface area contributed by atoms with Gasteiger partial charge in [-0.3, -0.25) is 14.9 Å². The van der Waals surface area contributed by atoms with Gasteiger partial charge in [0.1, 0.15) is 0 Å². The lowest BCUT2D eigenvalue weighted by molar-refractivity contribution is -0.384. The van der Waals surface area contributed by atoms with E-state index in [2.05, 4.69) is 0 Å². The van der Waals surface area contributed by atoms with E-state index >= 15 is 0 Å². The van der Waals surface area contributed by atoms with Gasteiger partial charge in [-0.05, 0) is 6.07 Å². The van der Waals surface area contributed by atoms with Crippen molar-refractivity contribution in [3.05, 3.63) is 33.9 Å². The van der Waals surface area contributed by atoms with E-state index in [1.165, 1.54) is 18.2 Å². The molecular weight excluding hydrogens is 250 g/mol. The fourth-order valence-electron chi connectivity index (χ4n) is 1.98. The van der Waals surface area contributed by atoms with E-state index in [9.17, 15) is 14.9 Å². The molecule has 19 heavy (non-hydrogen) atoms. The quantitative estimate of drug-likeness (QED) is 0.459. The van der Waals surface area contributed by atoms with Crippen LogP contribution >= 0.6 is 0 Å². The van der Waals surface area contributed by atoms with Crippen LogP contribution in [0.1, 0.15) is 10.4 Å². The largest absolute Gasteiger partial charge is 0.365 e. The summed E-state index contributed by atoms with van der Waals surface area (Å²) in [6.45, 7) is 1.26. The van der Waals surface area contributed by atoms with Crippen LogP contribution in [0.4, 0.5) is 11.4 Å². The molecule has 1 aromatic carbocycles. The SMILES string of the molecule is N#CC1CN(c2ccc([N+](=O)[O-])cc2C=O)CCO1. The zero-order chi connectivity index (χ0) is 13.8. The molecule has 7 heteroatoms. The van der Waals surface area contributed by atoms with E-state index in [1.54, 1.807) is 0 Å². The maximum Gasteiger partial charge on any atom is 0.270 e. The first-order valence-electron chi connectivity index (χ1n) is 5.65. The van der Waals surface area contributed by atoms with Crippen molar-refractivity contribution >= 4 is 17.7 Å². The number of anilines is 1. The van der Waals surface area contributed by atoms with Crippen LogP contribution < -0.4 is 4.90 Å². The highest BCUT2D eigenvalue weighted by molar-refractivity contribution is 5.86. The van der Waals surface area contributed by atoms with Gasteiger partial charge in [-0.15, -0.1) is 0 Å². The fraction of sp³-hybridized carbons (Fsp3) is 0.333. The summed E-state index contributed by atoms with van der Waals surface area (Å²) in [5, 5.41) is 19.5. The summed E-state index contributed by atoms with van der Waals surface area (Å²) in [5.41, 5.74) is 0.702. The van der Waals surface area contributed by atoms with E-state index in [1.807, 2.05) is 11.0 Å². The number of aldehydes is 1. The fourth-order valence-corrected chi connectivity index (χ4v) is 1.98. The van der Waals surface area contributed by atoms with Crippen molar-refractivity contribution in [2.24, 2.45) is 0 Å². The van der Waals surface area contributed by atoms with E-state index < -0.39 is 11.0 Å². The Balaban J connectivity index is 2.31. The van der Waals surface area contributed by atoms with Gasteiger partial charge in [0, 0.05) is 29.9 Å². The second-order valence-electron chi connectivity index (χ2n) is 4.05. The van der Waals surface area contributed by atoms with Gasteiger partial charge < -0.3 is 9.64 Å². The van der Waals surface area contributed by atoms with Gasteiger partial charge in [0.15, 0.2) is 12.4 Å². The number of nitro groups is 1. The molecule has 1 saturated heterocycles. The number of non-ortho nitro benzene ring substituents is 1. The molecule has 0 saturated carbocycles. The first-order valence-corrected chi connectivity index (χ1v) is 5.65. The minimum absolute atomic E-state index is 0.129. The summed E-state index contributed by atoms with van der Waals surface area (Å²) in [5.74, 6) is 0. The Morgan fingerprint density at radius 3 is 3.00 bits per heavy atom. The van der Waals surface area contributed by atoms with Crippen LogP contribution in [0.2, 0.25) is 0 Å². The Labute approximate surface area is 109 Å². The molecule has 1 aliphatic rings. The van der Waals surface area contributed by atoms with Crippen LogP contribution in [0.3, 0.4) is 0 Å². The number of carbonyl (C=O) groups is 1. The third kappa shape index (κ3) is 2.69. The summed E-state index contributed by atoms with van der Waals surface area (Å²) in [6.07, 6.45) is 0.0302. The number of hydrogen-bond acceptors (Lipinski definition) is 6.